The number of hydrogen-bond donors (Lipinski definition) is 0. The first-order valence-corrected chi connectivity index (χ1v) is 6.48. The lowest BCUT2D eigenvalue weighted by atomic mass is 9.87. The first-order chi connectivity index (χ1) is 8.75. The molecular formula is C15H22FNO2. The number of carbonyl (C=O) groups is 1. The molecule has 0 atom stereocenters. The van der Waals surface area contributed by atoms with E-state index in [0.29, 0.717) is 6.54 Å². The van der Waals surface area contributed by atoms with Crippen LogP contribution < -0.4 is 4.74 Å². The van der Waals surface area contributed by atoms with Crippen molar-refractivity contribution in [1.29, 1.82) is 0 Å². The monoisotopic (exact) mass is 267 g/mol. The minimum Gasteiger partial charge on any atom is -0.407 e. The number of ether oxygens (including phenoxy) is 1. The summed E-state index contributed by atoms with van der Waals surface area (Å²) in [6.45, 7) is 8.61. The van der Waals surface area contributed by atoms with Gasteiger partial charge in [0.25, 0.3) is 0 Å². The summed E-state index contributed by atoms with van der Waals surface area (Å²) in [5.74, 6) is -0.536. The number of halogens is 1. The molecule has 0 radical (unpaired) electrons. The number of nitrogens with zero attached hydrogens (tertiary/aromatic N) is 1. The summed E-state index contributed by atoms with van der Waals surface area (Å²) in [6, 6.07) is 4.64. The van der Waals surface area contributed by atoms with E-state index in [1.165, 1.54) is 11.0 Å². The van der Waals surface area contributed by atoms with Crippen LogP contribution in [0.25, 0.3) is 0 Å². The molecule has 4 heteroatoms. The molecule has 3 nitrogen and oxygen atoms in total. The van der Waals surface area contributed by atoms with Crippen molar-refractivity contribution in [3.8, 4) is 5.75 Å². The fourth-order valence-electron chi connectivity index (χ4n) is 1.65. The Labute approximate surface area is 114 Å². The Morgan fingerprint density at radius 3 is 2.53 bits per heavy atom. The van der Waals surface area contributed by atoms with Crippen LogP contribution in [0, 0.1) is 5.82 Å². The Morgan fingerprint density at radius 1 is 1.37 bits per heavy atom. The summed E-state index contributed by atoms with van der Waals surface area (Å²) in [5.41, 5.74) is 0.805. The van der Waals surface area contributed by atoms with Gasteiger partial charge in [-0.2, -0.15) is 0 Å². The van der Waals surface area contributed by atoms with E-state index in [9.17, 15) is 9.18 Å². The highest BCUT2D eigenvalue weighted by Crippen LogP contribution is 2.28. The normalized spacial score (nSPS) is 11.3. The minimum absolute atomic E-state index is 0.0135. The zero-order valence-corrected chi connectivity index (χ0v) is 12.3. The van der Waals surface area contributed by atoms with Crippen molar-refractivity contribution in [3.05, 3.63) is 29.6 Å². The molecule has 0 N–H and O–H groups in total. The van der Waals surface area contributed by atoms with E-state index in [1.54, 1.807) is 19.2 Å². The van der Waals surface area contributed by atoms with Gasteiger partial charge < -0.3 is 9.64 Å². The maximum Gasteiger partial charge on any atom is 0.415 e. The topological polar surface area (TPSA) is 29.5 Å². The van der Waals surface area contributed by atoms with Gasteiger partial charge in [-0.25, -0.2) is 9.18 Å². The molecule has 0 saturated carbocycles. The Kier molecular flexibility index (Phi) is 4.92. The Bertz CT molecular complexity index is 452. The van der Waals surface area contributed by atoms with Crippen LogP contribution in [-0.4, -0.2) is 24.6 Å². The van der Waals surface area contributed by atoms with Crippen LogP contribution in [-0.2, 0) is 5.41 Å². The van der Waals surface area contributed by atoms with E-state index in [-0.39, 0.29) is 11.2 Å². The lowest BCUT2D eigenvalue weighted by Gasteiger charge is -2.21. The van der Waals surface area contributed by atoms with Crippen LogP contribution in [0.1, 0.15) is 39.7 Å². The van der Waals surface area contributed by atoms with Crippen molar-refractivity contribution in [2.75, 3.05) is 13.6 Å². The van der Waals surface area contributed by atoms with Crippen LogP contribution in [0.2, 0.25) is 0 Å². The van der Waals surface area contributed by atoms with Crippen molar-refractivity contribution >= 4 is 6.09 Å². The molecule has 1 amide bonds. The zero-order chi connectivity index (χ0) is 14.6. The fourth-order valence-corrected chi connectivity index (χ4v) is 1.65. The quantitative estimate of drug-likeness (QED) is 0.829. The van der Waals surface area contributed by atoms with Crippen molar-refractivity contribution in [3.63, 3.8) is 0 Å². The summed E-state index contributed by atoms with van der Waals surface area (Å²) in [4.78, 5) is 13.2. The number of carbonyl (C=O) groups excluding carboxylic acids is 1. The maximum absolute atomic E-state index is 13.7. The van der Waals surface area contributed by atoms with Crippen LogP contribution in [0.4, 0.5) is 9.18 Å². The minimum atomic E-state index is -0.535. The first kappa shape index (κ1) is 15.5. The second-order valence-corrected chi connectivity index (χ2v) is 5.68. The molecule has 1 aromatic rings. The van der Waals surface area contributed by atoms with E-state index in [1.807, 2.05) is 27.7 Å². The third-order valence-electron chi connectivity index (χ3n) is 2.87. The molecule has 1 aromatic carbocycles. The summed E-state index contributed by atoms with van der Waals surface area (Å²) in [7, 11) is 1.64. The maximum atomic E-state index is 13.7. The third-order valence-corrected chi connectivity index (χ3v) is 2.87. The van der Waals surface area contributed by atoms with E-state index in [4.69, 9.17) is 4.74 Å². The predicted molar refractivity (Wildman–Crippen MR) is 74.0 cm³/mol. The highest BCUT2D eigenvalue weighted by atomic mass is 19.1. The Balaban J connectivity index is 2.92. The van der Waals surface area contributed by atoms with Crippen molar-refractivity contribution in [2.45, 2.75) is 39.5 Å². The van der Waals surface area contributed by atoms with E-state index in [0.717, 1.165) is 12.0 Å². The zero-order valence-electron chi connectivity index (χ0n) is 12.3. The van der Waals surface area contributed by atoms with E-state index in [2.05, 4.69) is 0 Å². The van der Waals surface area contributed by atoms with Gasteiger partial charge in [-0.15, -0.1) is 0 Å². The van der Waals surface area contributed by atoms with Gasteiger partial charge in [0, 0.05) is 13.6 Å². The van der Waals surface area contributed by atoms with Gasteiger partial charge in [0.15, 0.2) is 11.6 Å². The predicted octanol–water partition coefficient (Wildman–Crippen LogP) is 3.96. The molecule has 0 fully saturated rings. The average molecular weight is 267 g/mol. The van der Waals surface area contributed by atoms with Gasteiger partial charge in [0.2, 0.25) is 0 Å². The first-order valence-electron chi connectivity index (χ1n) is 6.48. The molecule has 19 heavy (non-hydrogen) atoms. The summed E-state index contributed by atoms with van der Waals surface area (Å²) >= 11 is 0. The molecule has 0 aromatic heterocycles. The molecule has 0 bridgehead atoms. The van der Waals surface area contributed by atoms with Gasteiger partial charge in [-0.05, 0) is 29.5 Å². The van der Waals surface area contributed by atoms with Gasteiger partial charge in [-0.3, -0.25) is 0 Å². The van der Waals surface area contributed by atoms with Crippen molar-refractivity contribution in [1.82, 2.24) is 4.90 Å². The number of amides is 1. The molecule has 0 aliphatic heterocycles. The van der Waals surface area contributed by atoms with Crippen molar-refractivity contribution < 1.29 is 13.9 Å². The van der Waals surface area contributed by atoms with Gasteiger partial charge in [-0.1, -0.05) is 33.8 Å². The number of hydrogen-bond acceptors (Lipinski definition) is 2. The second-order valence-electron chi connectivity index (χ2n) is 5.68. The number of rotatable bonds is 3. The second kappa shape index (κ2) is 6.04. The van der Waals surface area contributed by atoms with Crippen LogP contribution in [0.5, 0.6) is 5.75 Å². The van der Waals surface area contributed by atoms with Gasteiger partial charge in [0.05, 0.1) is 0 Å². The standard InChI is InChI=1S/C15H22FNO2/c1-6-9-17(5)14(18)19-13-10-11(15(2,3)4)7-8-12(13)16/h7-8,10H,6,9H2,1-5H3. The summed E-state index contributed by atoms with van der Waals surface area (Å²) in [6.07, 6.45) is 0.294. The highest BCUT2D eigenvalue weighted by molar-refractivity contribution is 5.70. The lowest BCUT2D eigenvalue weighted by Crippen LogP contribution is -2.30. The molecule has 0 aliphatic carbocycles. The number of benzene rings is 1. The lowest BCUT2D eigenvalue weighted by molar-refractivity contribution is 0.161. The van der Waals surface area contributed by atoms with E-state index >= 15 is 0 Å². The molecule has 0 aliphatic rings. The molecule has 0 saturated heterocycles. The van der Waals surface area contributed by atoms with Gasteiger partial charge >= 0.3 is 6.09 Å². The SMILES string of the molecule is CCCN(C)C(=O)Oc1cc(C(C)(C)C)ccc1F. The fraction of sp³-hybridized carbons (Fsp3) is 0.533. The molecule has 0 unspecified atom stereocenters. The Morgan fingerprint density at radius 2 is 2.00 bits per heavy atom. The smallest absolute Gasteiger partial charge is 0.407 e. The Hall–Kier alpha value is -1.58. The summed E-state index contributed by atoms with van der Waals surface area (Å²) in [5, 5.41) is 0. The highest BCUT2D eigenvalue weighted by Gasteiger charge is 2.18. The molecule has 106 valence electrons. The van der Waals surface area contributed by atoms with Crippen LogP contribution in [0.3, 0.4) is 0 Å². The molecular weight excluding hydrogens is 245 g/mol. The average Bonchev–Trinajstić information content (AvgIpc) is 2.30. The molecule has 0 spiro atoms. The third kappa shape index (κ3) is 4.23. The van der Waals surface area contributed by atoms with Crippen LogP contribution >= 0.6 is 0 Å². The largest absolute Gasteiger partial charge is 0.415 e. The summed E-state index contributed by atoms with van der Waals surface area (Å²) < 4.78 is 18.8. The molecule has 0 heterocycles. The van der Waals surface area contributed by atoms with Gasteiger partial charge in [0.1, 0.15) is 0 Å². The molecule has 1 rings (SSSR count). The van der Waals surface area contributed by atoms with Crippen LogP contribution in [0.15, 0.2) is 18.2 Å². The van der Waals surface area contributed by atoms with E-state index < -0.39 is 11.9 Å². The van der Waals surface area contributed by atoms with Crippen molar-refractivity contribution in [2.24, 2.45) is 0 Å².